The van der Waals surface area contributed by atoms with Crippen LogP contribution in [0.15, 0.2) is 36.5 Å². The summed E-state index contributed by atoms with van der Waals surface area (Å²) < 4.78 is 5.28. The normalized spacial score (nSPS) is 11.0. The molecule has 0 amide bonds. The van der Waals surface area contributed by atoms with Crippen LogP contribution in [0.5, 0.6) is 0 Å². The van der Waals surface area contributed by atoms with E-state index in [1.165, 1.54) is 0 Å². The molecule has 1 aromatic heterocycles. The fraction of sp³-hybridized carbons (Fsp3) is 0.412. The van der Waals surface area contributed by atoms with Gasteiger partial charge in [0.2, 0.25) is 0 Å². The van der Waals surface area contributed by atoms with E-state index in [9.17, 15) is 4.79 Å². The average Bonchev–Trinajstić information content (AvgIpc) is 2.51. The van der Waals surface area contributed by atoms with Crippen LogP contribution in [0.3, 0.4) is 0 Å². The van der Waals surface area contributed by atoms with Gasteiger partial charge >= 0.3 is 5.97 Å². The fourth-order valence-electron chi connectivity index (χ4n) is 2.26. The lowest BCUT2D eigenvalue weighted by Crippen LogP contribution is -2.28. The largest absolute Gasteiger partial charge is 0.464 e. The highest BCUT2D eigenvalue weighted by Gasteiger charge is 2.07. The standard InChI is InChI=1S/C17H22N2O2/c1-3-19(4-2)9-10-21-17(20)12-14-11-15-7-5-6-8-16(15)18-13-14/h5-8,11,13H,3-4,9-10,12H2,1-2H3. The molecule has 1 aromatic carbocycles. The van der Waals surface area contributed by atoms with Crippen molar-refractivity contribution < 1.29 is 9.53 Å². The number of ether oxygens (including phenoxy) is 1. The molecule has 0 saturated carbocycles. The Morgan fingerprint density at radius 2 is 2.00 bits per heavy atom. The summed E-state index contributed by atoms with van der Waals surface area (Å²) in [5, 5.41) is 1.05. The summed E-state index contributed by atoms with van der Waals surface area (Å²) in [5.74, 6) is -0.195. The molecule has 21 heavy (non-hydrogen) atoms. The summed E-state index contributed by atoms with van der Waals surface area (Å²) in [6.07, 6.45) is 2.02. The van der Waals surface area contributed by atoms with Gasteiger partial charge in [0.05, 0.1) is 11.9 Å². The molecule has 112 valence electrons. The molecule has 0 aliphatic heterocycles. The lowest BCUT2D eigenvalue weighted by atomic mass is 10.1. The molecule has 1 heterocycles. The zero-order valence-corrected chi connectivity index (χ0v) is 12.7. The van der Waals surface area contributed by atoms with Gasteiger partial charge in [-0.2, -0.15) is 0 Å². The number of aromatic nitrogens is 1. The van der Waals surface area contributed by atoms with Crippen LogP contribution in [-0.4, -0.2) is 42.1 Å². The van der Waals surface area contributed by atoms with Gasteiger partial charge in [-0.1, -0.05) is 32.0 Å². The molecular weight excluding hydrogens is 264 g/mol. The molecule has 2 aromatic rings. The molecule has 0 bridgehead atoms. The van der Waals surface area contributed by atoms with E-state index in [2.05, 4.69) is 23.7 Å². The molecule has 0 N–H and O–H groups in total. The van der Waals surface area contributed by atoms with Gasteiger partial charge in [-0.15, -0.1) is 0 Å². The third-order valence-corrected chi connectivity index (χ3v) is 3.56. The van der Waals surface area contributed by atoms with Gasteiger partial charge in [0.1, 0.15) is 6.61 Å². The van der Waals surface area contributed by atoms with E-state index in [1.54, 1.807) is 6.20 Å². The van der Waals surface area contributed by atoms with Crippen molar-refractivity contribution in [3.63, 3.8) is 0 Å². The third-order valence-electron chi connectivity index (χ3n) is 3.56. The van der Waals surface area contributed by atoms with E-state index in [1.807, 2.05) is 30.3 Å². The Labute approximate surface area is 125 Å². The molecule has 0 fully saturated rings. The minimum atomic E-state index is -0.195. The Morgan fingerprint density at radius 3 is 2.76 bits per heavy atom. The molecular formula is C17H22N2O2. The molecule has 4 heteroatoms. The van der Waals surface area contributed by atoms with E-state index < -0.39 is 0 Å². The predicted molar refractivity (Wildman–Crippen MR) is 84.2 cm³/mol. The molecule has 0 saturated heterocycles. The summed E-state index contributed by atoms with van der Waals surface area (Å²) in [6.45, 7) is 7.39. The number of pyridine rings is 1. The average molecular weight is 286 g/mol. The first-order valence-corrected chi connectivity index (χ1v) is 7.44. The topological polar surface area (TPSA) is 42.4 Å². The van der Waals surface area contributed by atoms with Crippen molar-refractivity contribution in [3.05, 3.63) is 42.1 Å². The van der Waals surface area contributed by atoms with Crippen LogP contribution < -0.4 is 0 Å². The molecule has 0 aliphatic rings. The second-order valence-electron chi connectivity index (χ2n) is 4.96. The van der Waals surface area contributed by atoms with E-state index in [0.717, 1.165) is 36.1 Å². The Morgan fingerprint density at radius 1 is 1.24 bits per heavy atom. The summed E-state index contributed by atoms with van der Waals surface area (Å²) in [7, 11) is 0. The number of benzene rings is 1. The van der Waals surface area contributed by atoms with Gasteiger partial charge in [-0.25, -0.2) is 0 Å². The van der Waals surface area contributed by atoms with Crippen LogP contribution in [0.1, 0.15) is 19.4 Å². The van der Waals surface area contributed by atoms with Gasteiger partial charge in [-0.05, 0) is 30.8 Å². The molecule has 0 spiro atoms. The van der Waals surface area contributed by atoms with Gasteiger partial charge in [0.15, 0.2) is 0 Å². The third kappa shape index (κ3) is 4.53. The van der Waals surface area contributed by atoms with Crippen LogP contribution in [0, 0.1) is 0 Å². The number of likely N-dealkylation sites (N-methyl/N-ethyl adjacent to an activating group) is 1. The Kier molecular flexibility index (Phi) is 5.69. The molecule has 4 nitrogen and oxygen atoms in total. The number of fused-ring (bicyclic) bond motifs is 1. The van der Waals surface area contributed by atoms with Gasteiger partial charge in [-0.3, -0.25) is 9.78 Å². The first-order valence-electron chi connectivity index (χ1n) is 7.44. The second-order valence-corrected chi connectivity index (χ2v) is 4.96. The fourth-order valence-corrected chi connectivity index (χ4v) is 2.26. The van der Waals surface area contributed by atoms with E-state index in [-0.39, 0.29) is 12.4 Å². The van der Waals surface area contributed by atoms with Crippen molar-refractivity contribution in [2.45, 2.75) is 20.3 Å². The van der Waals surface area contributed by atoms with Crippen molar-refractivity contribution in [1.29, 1.82) is 0 Å². The van der Waals surface area contributed by atoms with Crippen molar-refractivity contribution in [2.75, 3.05) is 26.2 Å². The van der Waals surface area contributed by atoms with Crippen molar-refractivity contribution in [3.8, 4) is 0 Å². The zero-order valence-electron chi connectivity index (χ0n) is 12.7. The maximum Gasteiger partial charge on any atom is 0.310 e. The number of para-hydroxylation sites is 1. The Balaban J connectivity index is 1.86. The predicted octanol–water partition coefficient (Wildman–Crippen LogP) is 2.66. The van der Waals surface area contributed by atoms with Crippen LogP contribution in [0.2, 0.25) is 0 Å². The van der Waals surface area contributed by atoms with Crippen molar-refractivity contribution >= 4 is 16.9 Å². The lowest BCUT2D eigenvalue weighted by Gasteiger charge is -2.17. The maximum atomic E-state index is 11.8. The van der Waals surface area contributed by atoms with Crippen LogP contribution in [0.4, 0.5) is 0 Å². The minimum Gasteiger partial charge on any atom is -0.464 e. The van der Waals surface area contributed by atoms with Crippen molar-refractivity contribution in [2.24, 2.45) is 0 Å². The number of carbonyl (C=O) groups excluding carboxylic acids is 1. The maximum absolute atomic E-state index is 11.8. The van der Waals surface area contributed by atoms with E-state index >= 15 is 0 Å². The molecule has 2 rings (SSSR count). The van der Waals surface area contributed by atoms with E-state index in [0.29, 0.717) is 6.61 Å². The van der Waals surface area contributed by atoms with Crippen molar-refractivity contribution in [1.82, 2.24) is 9.88 Å². The summed E-state index contributed by atoms with van der Waals surface area (Å²) in [6, 6.07) is 9.87. The minimum absolute atomic E-state index is 0.195. The monoisotopic (exact) mass is 286 g/mol. The highest BCUT2D eigenvalue weighted by Crippen LogP contribution is 2.13. The SMILES string of the molecule is CCN(CC)CCOC(=O)Cc1cnc2ccccc2c1. The highest BCUT2D eigenvalue weighted by atomic mass is 16.5. The second kappa shape index (κ2) is 7.74. The molecule has 0 aliphatic carbocycles. The summed E-state index contributed by atoms with van der Waals surface area (Å²) >= 11 is 0. The summed E-state index contributed by atoms with van der Waals surface area (Å²) in [5.41, 5.74) is 1.83. The number of carbonyl (C=O) groups is 1. The number of nitrogens with zero attached hydrogens (tertiary/aromatic N) is 2. The first kappa shape index (κ1) is 15.4. The van der Waals surface area contributed by atoms with Crippen LogP contribution >= 0.6 is 0 Å². The first-order chi connectivity index (χ1) is 10.2. The Hall–Kier alpha value is -1.94. The van der Waals surface area contributed by atoms with Gasteiger partial charge in [0.25, 0.3) is 0 Å². The lowest BCUT2D eigenvalue weighted by molar-refractivity contribution is -0.143. The quantitative estimate of drug-likeness (QED) is 0.734. The number of hydrogen-bond acceptors (Lipinski definition) is 4. The van der Waals surface area contributed by atoms with Crippen LogP contribution in [-0.2, 0) is 16.0 Å². The molecule has 0 radical (unpaired) electrons. The smallest absolute Gasteiger partial charge is 0.310 e. The van der Waals surface area contributed by atoms with Gasteiger partial charge in [0, 0.05) is 18.1 Å². The van der Waals surface area contributed by atoms with Crippen LogP contribution in [0.25, 0.3) is 10.9 Å². The number of rotatable bonds is 7. The molecule has 0 atom stereocenters. The van der Waals surface area contributed by atoms with E-state index in [4.69, 9.17) is 4.74 Å². The summed E-state index contributed by atoms with van der Waals surface area (Å²) in [4.78, 5) is 18.4. The Bertz CT molecular complexity index is 594. The molecule has 0 unspecified atom stereocenters. The highest BCUT2D eigenvalue weighted by molar-refractivity contribution is 5.80. The number of esters is 1. The zero-order chi connectivity index (χ0) is 15.1. The number of hydrogen-bond donors (Lipinski definition) is 0. The van der Waals surface area contributed by atoms with Gasteiger partial charge < -0.3 is 9.64 Å².